The first-order chi connectivity index (χ1) is 11.7. The van der Waals surface area contributed by atoms with Crippen LogP contribution >= 0.6 is 11.8 Å². The summed E-state index contributed by atoms with van der Waals surface area (Å²) in [6.07, 6.45) is 6.58. The average Bonchev–Trinajstić information content (AvgIpc) is 2.60. The predicted octanol–water partition coefficient (Wildman–Crippen LogP) is 3.28. The van der Waals surface area contributed by atoms with Crippen LogP contribution in [0.4, 0.5) is 5.82 Å². The monoisotopic (exact) mass is 344 g/mol. The molecular formula is C18H24N4OS. The van der Waals surface area contributed by atoms with Gasteiger partial charge in [-0.15, -0.1) is 0 Å². The predicted molar refractivity (Wildman–Crippen MR) is 99.7 cm³/mol. The number of fused-ring (bicyclic) bond motifs is 1. The highest BCUT2D eigenvalue weighted by Gasteiger charge is 2.15. The minimum Gasteiger partial charge on any atom is -0.383 e. The van der Waals surface area contributed by atoms with Gasteiger partial charge in [-0.25, -0.2) is 9.97 Å². The van der Waals surface area contributed by atoms with E-state index in [0.29, 0.717) is 24.0 Å². The van der Waals surface area contributed by atoms with Gasteiger partial charge in [-0.3, -0.25) is 4.79 Å². The third kappa shape index (κ3) is 4.60. The second-order valence-electron chi connectivity index (χ2n) is 6.25. The number of nitrogen functional groups attached to an aromatic ring is 1. The first-order valence-corrected chi connectivity index (χ1v) is 9.76. The Kier molecular flexibility index (Phi) is 5.91. The number of carbonyl (C=O) groups excluding carboxylic acids is 1. The van der Waals surface area contributed by atoms with Crippen LogP contribution in [0, 0.1) is 0 Å². The smallest absolute Gasteiger partial charge is 0.221 e. The van der Waals surface area contributed by atoms with Crippen LogP contribution in [-0.4, -0.2) is 27.7 Å². The molecule has 1 saturated carbocycles. The number of rotatable bonds is 6. The van der Waals surface area contributed by atoms with E-state index in [1.54, 1.807) is 11.8 Å². The van der Waals surface area contributed by atoms with E-state index in [0.717, 1.165) is 35.3 Å². The van der Waals surface area contributed by atoms with E-state index in [1.165, 1.54) is 19.3 Å². The fraction of sp³-hybridized carbons (Fsp3) is 0.500. The summed E-state index contributed by atoms with van der Waals surface area (Å²) in [4.78, 5) is 20.9. The van der Waals surface area contributed by atoms with Gasteiger partial charge in [-0.1, -0.05) is 31.4 Å². The maximum atomic E-state index is 12.0. The van der Waals surface area contributed by atoms with Crippen molar-refractivity contribution in [2.45, 2.75) is 50.3 Å². The molecule has 5 nitrogen and oxygen atoms in total. The number of aromatic nitrogens is 2. The summed E-state index contributed by atoms with van der Waals surface area (Å²) in [7, 11) is 0. The summed E-state index contributed by atoms with van der Waals surface area (Å²) in [6, 6.07) is 8.14. The molecule has 24 heavy (non-hydrogen) atoms. The molecule has 1 aliphatic rings. The lowest BCUT2D eigenvalue weighted by Crippen LogP contribution is -2.36. The average molecular weight is 344 g/mol. The number of anilines is 1. The Morgan fingerprint density at radius 3 is 2.83 bits per heavy atom. The second-order valence-corrected chi connectivity index (χ2v) is 7.35. The molecule has 0 radical (unpaired) electrons. The van der Waals surface area contributed by atoms with Gasteiger partial charge in [-0.05, 0) is 25.0 Å². The van der Waals surface area contributed by atoms with E-state index in [2.05, 4.69) is 15.3 Å². The summed E-state index contributed by atoms with van der Waals surface area (Å²) >= 11 is 1.67. The molecule has 0 aliphatic heterocycles. The van der Waals surface area contributed by atoms with Crippen molar-refractivity contribution in [2.75, 3.05) is 11.5 Å². The second kappa shape index (κ2) is 8.33. The molecule has 1 fully saturated rings. The van der Waals surface area contributed by atoms with Gasteiger partial charge in [0.15, 0.2) is 0 Å². The molecule has 0 saturated heterocycles. The first kappa shape index (κ1) is 17.0. The maximum absolute atomic E-state index is 12.0. The Labute approximate surface area is 146 Å². The van der Waals surface area contributed by atoms with Gasteiger partial charge >= 0.3 is 0 Å². The zero-order valence-electron chi connectivity index (χ0n) is 13.8. The Morgan fingerprint density at radius 2 is 2.00 bits per heavy atom. The molecule has 128 valence electrons. The van der Waals surface area contributed by atoms with Gasteiger partial charge in [0, 0.05) is 23.6 Å². The van der Waals surface area contributed by atoms with Crippen molar-refractivity contribution in [3.63, 3.8) is 0 Å². The van der Waals surface area contributed by atoms with Gasteiger partial charge in [0.2, 0.25) is 5.91 Å². The van der Waals surface area contributed by atoms with Gasteiger partial charge in [0.05, 0.1) is 11.3 Å². The van der Waals surface area contributed by atoms with E-state index >= 15 is 0 Å². The Morgan fingerprint density at radius 1 is 1.21 bits per heavy atom. The maximum Gasteiger partial charge on any atom is 0.221 e. The number of thioether (sulfide) groups is 1. The van der Waals surface area contributed by atoms with Crippen LogP contribution in [0.1, 0.15) is 44.3 Å². The molecule has 1 heterocycles. The quantitative estimate of drug-likeness (QED) is 0.786. The molecule has 0 atom stereocenters. The molecule has 3 N–H and O–H groups in total. The number of amides is 1. The third-order valence-corrected chi connectivity index (χ3v) is 5.31. The fourth-order valence-corrected chi connectivity index (χ4v) is 3.88. The lowest BCUT2D eigenvalue weighted by Gasteiger charge is -2.22. The molecule has 2 aromatic rings. The van der Waals surface area contributed by atoms with Crippen molar-refractivity contribution in [2.24, 2.45) is 0 Å². The summed E-state index contributed by atoms with van der Waals surface area (Å²) in [5.41, 5.74) is 6.86. The van der Waals surface area contributed by atoms with Gasteiger partial charge < -0.3 is 11.1 Å². The minimum absolute atomic E-state index is 0.161. The molecule has 0 bridgehead atoms. The lowest BCUT2D eigenvalue weighted by molar-refractivity contribution is -0.121. The van der Waals surface area contributed by atoms with Crippen molar-refractivity contribution in [3.05, 3.63) is 30.1 Å². The van der Waals surface area contributed by atoms with Gasteiger partial charge in [-0.2, -0.15) is 11.8 Å². The molecule has 1 aromatic heterocycles. The zero-order valence-corrected chi connectivity index (χ0v) is 14.6. The van der Waals surface area contributed by atoms with E-state index in [1.807, 2.05) is 24.3 Å². The summed E-state index contributed by atoms with van der Waals surface area (Å²) in [5.74, 6) is 2.85. The number of hydrogen-bond acceptors (Lipinski definition) is 5. The highest BCUT2D eigenvalue weighted by atomic mass is 32.2. The molecule has 1 aromatic carbocycles. The number of benzene rings is 1. The number of nitrogens with zero attached hydrogens (tertiary/aromatic N) is 2. The number of nitrogens with one attached hydrogen (secondary N) is 1. The molecule has 0 unspecified atom stereocenters. The van der Waals surface area contributed by atoms with Crippen LogP contribution < -0.4 is 11.1 Å². The van der Waals surface area contributed by atoms with Gasteiger partial charge in [0.1, 0.15) is 11.6 Å². The third-order valence-electron chi connectivity index (χ3n) is 4.35. The highest BCUT2D eigenvalue weighted by molar-refractivity contribution is 7.98. The zero-order chi connectivity index (χ0) is 16.8. The largest absolute Gasteiger partial charge is 0.383 e. The van der Waals surface area contributed by atoms with Crippen molar-refractivity contribution >= 4 is 34.4 Å². The number of carbonyl (C=O) groups is 1. The molecule has 1 aliphatic carbocycles. The molecule has 6 heteroatoms. The fourth-order valence-electron chi connectivity index (χ4n) is 3.09. The van der Waals surface area contributed by atoms with E-state index in [-0.39, 0.29) is 5.91 Å². The Balaban J connectivity index is 1.44. The molecule has 1 amide bonds. The van der Waals surface area contributed by atoms with Crippen LogP contribution in [0.2, 0.25) is 0 Å². The van der Waals surface area contributed by atoms with Crippen molar-refractivity contribution in [1.29, 1.82) is 0 Å². The van der Waals surface area contributed by atoms with Crippen LogP contribution in [-0.2, 0) is 10.5 Å². The molecule has 3 rings (SSSR count). The molecule has 0 spiro atoms. The normalized spacial score (nSPS) is 15.5. The SMILES string of the molecule is Nc1nc(CSCCC(=O)NC2CCCCC2)nc2ccccc12. The van der Waals surface area contributed by atoms with Crippen molar-refractivity contribution < 1.29 is 4.79 Å². The van der Waals surface area contributed by atoms with Crippen molar-refractivity contribution in [1.82, 2.24) is 15.3 Å². The highest BCUT2D eigenvalue weighted by Crippen LogP contribution is 2.20. The van der Waals surface area contributed by atoms with Crippen molar-refractivity contribution in [3.8, 4) is 0 Å². The van der Waals surface area contributed by atoms with Gasteiger partial charge in [0.25, 0.3) is 0 Å². The van der Waals surface area contributed by atoms with E-state index in [4.69, 9.17) is 5.73 Å². The standard InChI is InChI=1S/C18H24N4OS/c19-18-14-8-4-5-9-15(14)21-16(22-18)12-24-11-10-17(23)20-13-6-2-1-3-7-13/h4-5,8-9,13H,1-3,6-7,10-12H2,(H,20,23)(H2,19,21,22). The number of hydrogen-bond donors (Lipinski definition) is 2. The Hall–Kier alpha value is -1.82. The van der Waals surface area contributed by atoms with E-state index < -0.39 is 0 Å². The Bertz CT molecular complexity index is 700. The van der Waals surface area contributed by atoms with Crippen LogP contribution in [0.5, 0.6) is 0 Å². The van der Waals surface area contributed by atoms with Crippen LogP contribution in [0.15, 0.2) is 24.3 Å². The van der Waals surface area contributed by atoms with Crippen LogP contribution in [0.25, 0.3) is 10.9 Å². The lowest BCUT2D eigenvalue weighted by atomic mass is 9.95. The summed E-state index contributed by atoms with van der Waals surface area (Å²) < 4.78 is 0. The first-order valence-electron chi connectivity index (χ1n) is 8.60. The number of nitrogens with two attached hydrogens (primary N) is 1. The summed E-state index contributed by atoms with van der Waals surface area (Å²) in [6.45, 7) is 0. The summed E-state index contributed by atoms with van der Waals surface area (Å²) in [5, 5.41) is 4.03. The molecular weight excluding hydrogens is 320 g/mol. The van der Waals surface area contributed by atoms with Crippen LogP contribution in [0.3, 0.4) is 0 Å². The topological polar surface area (TPSA) is 80.9 Å². The number of para-hydroxylation sites is 1. The van der Waals surface area contributed by atoms with E-state index in [9.17, 15) is 4.79 Å². The minimum atomic E-state index is 0.161.